The first-order valence-corrected chi connectivity index (χ1v) is 13.4. The van der Waals surface area contributed by atoms with Crippen molar-refractivity contribution in [2.24, 2.45) is 16.7 Å². The highest BCUT2D eigenvalue weighted by Gasteiger charge is 2.73. The van der Waals surface area contributed by atoms with Gasteiger partial charge in [0.2, 0.25) is 0 Å². The highest BCUT2D eigenvalue weighted by Crippen LogP contribution is 2.64. The molecule has 2 saturated carbocycles. The minimum absolute atomic E-state index is 0.0896. The van der Waals surface area contributed by atoms with Gasteiger partial charge in [0.15, 0.2) is 6.29 Å². The van der Waals surface area contributed by atoms with E-state index in [4.69, 9.17) is 14.2 Å². The predicted octanol–water partition coefficient (Wildman–Crippen LogP) is 3.92. The monoisotopic (exact) mass is 512 g/mol. The van der Waals surface area contributed by atoms with Crippen molar-refractivity contribution in [2.75, 3.05) is 6.61 Å². The summed E-state index contributed by atoms with van der Waals surface area (Å²) < 4.78 is 18.3. The molecule has 0 aromatic heterocycles. The Morgan fingerprint density at radius 3 is 2.49 bits per heavy atom. The summed E-state index contributed by atoms with van der Waals surface area (Å²) in [5, 5.41) is 35.2. The van der Waals surface area contributed by atoms with Crippen LogP contribution in [0.25, 0.3) is 0 Å². The molecule has 7 nitrogen and oxygen atoms in total. The number of hydrogen-bond acceptors (Lipinski definition) is 7. The molecule has 3 aliphatic carbocycles. The number of benzene rings is 1. The van der Waals surface area contributed by atoms with Gasteiger partial charge in [0.05, 0.1) is 24.4 Å². The van der Waals surface area contributed by atoms with Crippen molar-refractivity contribution in [1.82, 2.24) is 0 Å². The number of fused-ring (bicyclic) bond motifs is 5. The van der Waals surface area contributed by atoms with E-state index in [1.54, 1.807) is 24.3 Å². The Hall–Kier alpha value is -2.03. The van der Waals surface area contributed by atoms with Crippen molar-refractivity contribution in [2.45, 2.75) is 95.6 Å². The summed E-state index contributed by atoms with van der Waals surface area (Å²) in [5.41, 5.74) is -1.40. The lowest BCUT2D eigenvalue weighted by molar-refractivity contribution is -0.358. The minimum atomic E-state index is -1.44. The van der Waals surface area contributed by atoms with Gasteiger partial charge in [-0.15, -0.1) is 0 Å². The van der Waals surface area contributed by atoms with Crippen molar-refractivity contribution in [3.05, 3.63) is 59.7 Å². The lowest BCUT2D eigenvalue weighted by Crippen LogP contribution is -2.78. The molecule has 5 rings (SSSR count). The maximum atomic E-state index is 13.5. The van der Waals surface area contributed by atoms with Gasteiger partial charge in [0.25, 0.3) is 0 Å². The molecule has 2 bridgehead atoms. The minimum Gasteiger partial charge on any atom is -0.455 e. The number of rotatable bonds is 5. The third-order valence-corrected chi connectivity index (χ3v) is 10.2. The number of carbonyl (C=O) groups is 1. The summed E-state index contributed by atoms with van der Waals surface area (Å²) in [4.78, 5) is 13.5. The second-order valence-electron chi connectivity index (χ2n) is 12.3. The van der Waals surface area contributed by atoms with Crippen molar-refractivity contribution in [1.29, 1.82) is 0 Å². The fraction of sp³-hybridized carbons (Fsp3) is 0.633. The van der Waals surface area contributed by atoms with Crippen LogP contribution in [0.1, 0.15) is 70.2 Å². The zero-order valence-corrected chi connectivity index (χ0v) is 22.3. The molecule has 1 saturated heterocycles. The van der Waals surface area contributed by atoms with Gasteiger partial charge in [-0.1, -0.05) is 56.7 Å². The number of aliphatic hydroxyl groups is 3. The summed E-state index contributed by atoms with van der Waals surface area (Å²) in [5.74, 6) is -1.23. The first-order chi connectivity index (χ1) is 17.4. The number of esters is 1. The molecule has 3 fully saturated rings. The molecule has 1 heterocycles. The summed E-state index contributed by atoms with van der Waals surface area (Å²) >= 11 is 0. The van der Waals surface area contributed by atoms with Crippen LogP contribution in [0.3, 0.4) is 0 Å². The molecule has 0 radical (unpaired) electrons. The van der Waals surface area contributed by atoms with Crippen LogP contribution in [0.15, 0.2) is 54.1 Å². The van der Waals surface area contributed by atoms with E-state index < -0.39 is 58.5 Å². The molecule has 1 aromatic rings. The molecule has 7 heteroatoms. The van der Waals surface area contributed by atoms with Gasteiger partial charge < -0.3 is 29.5 Å². The molecular weight excluding hydrogens is 472 g/mol. The van der Waals surface area contributed by atoms with Crippen LogP contribution in [-0.4, -0.2) is 63.7 Å². The maximum Gasteiger partial charge on any atom is 0.338 e. The fourth-order valence-electron chi connectivity index (χ4n) is 7.78. The number of carbonyl (C=O) groups excluding carboxylic acids is 1. The van der Waals surface area contributed by atoms with Crippen molar-refractivity contribution < 1.29 is 34.3 Å². The van der Waals surface area contributed by atoms with Gasteiger partial charge in [-0.25, -0.2) is 4.79 Å². The molecule has 0 spiro atoms. The summed E-state index contributed by atoms with van der Waals surface area (Å²) in [6.07, 6.45) is 0.839. The number of hydrogen-bond donors (Lipinski definition) is 3. The van der Waals surface area contributed by atoms with E-state index in [2.05, 4.69) is 13.5 Å². The molecule has 1 aliphatic heterocycles. The zero-order valence-electron chi connectivity index (χ0n) is 22.3. The Bertz CT molecular complexity index is 1100. The second-order valence-corrected chi connectivity index (χ2v) is 12.3. The maximum absolute atomic E-state index is 13.5. The van der Waals surface area contributed by atoms with E-state index in [9.17, 15) is 20.1 Å². The average Bonchev–Trinajstić information content (AvgIpc) is 2.86. The molecular formula is C30H40O7. The number of ether oxygens (including phenoxy) is 3. The van der Waals surface area contributed by atoms with E-state index in [1.165, 1.54) is 11.6 Å². The van der Waals surface area contributed by atoms with Crippen molar-refractivity contribution in [3.63, 3.8) is 0 Å². The van der Waals surface area contributed by atoms with Crippen LogP contribution in [0, 0.1) is 16.7 Å². The van der Waals surface area contributed by atoms with Crippen LogP contribution in [0.2, 0.25) is 0 Å². The summed E-state index contributed by atoms with van der Waals surface area (Å²) in [7, 11) is 0. The topological polar surface area (TPSA) is 105 Å². The van der Waals surface area contributed by atoms with Gasteiger partial charge in [0, 0.05) is 23.2 Å². The van der Waals surface area contributed by atoms with Crippen LogP contribution >= 0.6 is 0 Å². The third kappa shape index (κ3) is 3.85. The van der Waals surface area contributed by atoms with Crippen molar-refractivity contribution >= 4 is 5.97 Å². The van der Waals surface area contributed by atoms with Gasteiger partial charge >= 0.3 is 5.97 Å². The quantitative estimate of drug-likeness (QED) is 0.312. The Balaban J connectivity index is 1.69. The SMILES string of the molecule is C=CC(O)O[C@H]1C[C@H]2OC[C@@]2(O)C2[C@H](OC(=O)c3ccccc3)[C@]3(O)CCC(C)=C(CC[C@@]21C)C3(C)C. The lowest BCUT2D eigenvalue weighted by Gasteiger charge is -2.67. The molecule has 0 amide bonds. The molecule has 4 aliphatic rings. The Labute approximate surface area is 219 Å². The Morgan fingerprint density at radius 2 is 1.86 bits per heavy atom. The van der Waals surface area contributed by atoms with Crippen LogP contribution in [0.4, 0.5) is 0 Å². The second kappa shape index (κ2) is 9.02. The van der Waals surface area contributed by atoms with Gasteiger partial charge in [-0.3, -0.25) is 0 Å². The predicted molar refractivity (Wildman–Crippen MR) is 138 cm³/mol. The Kier molecular flexibility index (Phi) is 6.48. The Morgan fingerprint density at radius 1 is 1.16 bits per heavy atom. The van der Waals surface area contributed by atoms with Gasteiger partial charge in [0.1, 0.15) is 17.3 Å². The number of allylic oxidation sites excluding steroid dienone is 1. The fourth-order valence-corrected chi connectivity index (χ4v) is 7.78. The molecule has 37 heavy (non-hydrogen) atoms. The number of aliphatic hydroxyl groups excluding tert-OH is 1. The summed E-state index contributed by atoms with van der Waals surface area (Å²) in [6, 6.07) is 8.74. The lowest BCUT2D eigenvalue weighted by atomic mass is 9.45. The normalized spacial score (nSPS) is 41.3. The van der Waals surface area contributed by atoms with E-state index >= 15 is 0 Å². The van der Waals surface area contributed by atoms with Crippen LogP contribution in [-0.2, 0) is 14.2 Å². The van der Waals surface area contributed by atoms with Crippen LogP contribution in [0.5, 0.6) is 0 Å². The standard InChI is InChI=1S/C30H40O7/c1-6-23(31)36-21-16-22-29(33,17-35-22)24-25(37-26(32)19-10-8-7-9-11-19)30(34)15-12-18(2)20(27(30,3)4)13-14-28(21,24)5/h6-11,21-25,31,33-34H,1,12-17H2,2-5H3/t21-,22+,23?,24?,25-,28+,29-,30+/m0/s1. The van der Waals surface area contributed by atoms with E-state index in [-0.39, 0.29) is 6.61 Å². The molecule has 1 aromatic carbocycles. The first-order valence-electron chi connectivity index (χ1n) is 13.4. The highest BCUT2D eigenvalue weighted by atomic mass is 16.6. The highest BCUT2D eigenvalue weighted by molar-refractivity contribution is 5.89. The largest absolute Gasteiger partial charge is 0.455 e. The molecule has 2 unspecified atom stereocenters. The smallest absolute Gasteiger partial charge is 0.338 e. The van der Waals surface area contributed by atoms with Crippen LogP contribution < -0.4 is 0 Å². The summed E-state index contributed by atoms with van der Waals surface area (Å²) in [6.45, 7) is 11.9. The van der Waals surface area contributed by atoms with Gasteiger partial charge in [-0.2, -0.15) is 0 Å². The third-order valence-electron chi connectivity index (χ3n) is 10.2. The average molecular weight is 513 g/mol. The van der Waals surface area contributed by atoms with E-state index in [0.29, 0.717) is 37.7 Å². The molecule has 3 N–H and O–H groups in total. The van der Waals surface area contributed by atoms with E-state index in [0.717, 1.165) is 5.57 Å². The first kappa shape index (κ1) is 26.6. The molecule has 8 atom stereocenters. The van der Waals surface area contributed by atoms with Crippen molar-refractivity contribution in [3.8, 4) is 0 Å². The van der Waals surface area contributed by atoms with E-state index in [1.807, 2.05) is 26.8 Å². The zero-order chi connectivity index (χ0) is 26.8. The van der Waals surface area contributed by atoms with Gasteiger partial charge in [-0.05, 0) is 50.8 Å². The molecule has 202 valence electrons.